The van der Waals surface area contributed by atoms with Crippen molar-refractivity contribution in [2.45, 2.75) is 6.18 Å². The molecule has 0 aliphatic heterocycles. The second-order valence-corrected chi connectivity index (χ2v) is 7.86. The van der Waals surface area contributed by atoms with Crippen LogP contribution in [0, 0.1) is 10.1 Å². The third-order valence-corrected chi connectivity index (χ3v) is 5.65. The monoisotopic (exact) mass is 497 g/mol. The fourth-order valence-corrected chi connectivity index (χ4v) is 3.89. The van der Waals surface area contributed by atoms with Crippen LogP contribution in [0.1, 0.15) is 16.2 Å². The minimum absolute atomic E-state index is 0.0157. The highest BCUT2D eigenvalue weighted by Gasteiger charge is 2.37. The van der Waals surface area contributed by atoms with Gasteiger partial charge < -0.3 is 10.1 Å². The molecule has 0 radical (unpaired) electrons. The van der Waals surface area contributed by atoms with E-state index in [0.717, 1.165) is 18.2 Å². The number of aromatic nitrogens is 3. The van der Waals surface area contributed by atoms with E-state index >= 15 is 0 Å². The molecule has 0 unspecified atom stereocenters. The lowest BCUT2D eigenvalue weighted by Gasteiger charge is -2.10. The Bertz CT molecular complexity index is 1390. The Hall–Kier alpha value is -3.71. The molecular weight excluding hydrogens is 487 g/mol. The first kappa shape index (κ1) is 22.5. The maximum Gasteiger partial charge on any atom is 0.433 e. The lowest BCUT2D eigenvalue weighted by atomic mass is 10.2. The number of thiophene rings is 1. The van der Waals surface area contributed by atoms with Gasteiger partial charge in [-0.2, -0.15) is 18.3 Å². The van der Waals surface area contributed by atoms with Gasteiger partial charge in [-0.25, -0.2) is 9.50 Å². The van der Waals surface area contributed by atoms with Crippen LogP contribution in [0.15, 0.2) is 41.8 Å². The van der Waals surface area contributed by atoms with E-state index in [9.17, 15) is 28.1 Å². The van der Waals surface area contributed by atoms with Gasteiger partial charge in [0.1, 0.15) is 10.8 Å². The first-order chi connectivity index (χ1) is 15.6. The number of alkyl halides is 3. The number of amides is 1. The Morgan fingerprint density at radius 1 is 1.30 bits per heavy atom. The molecule has 0 fully saturated rings. The second kappa shape index (κ2) is 8.33. The van der Waals surface area contributed by atoms with Crippen LogP contribution >= 0.6 is 22.9 Å². The Balaban J connectivity index is 1.80. The molecule has 0 bridgehead atoms. The van der Waals surface area contributed by atoms with Gasteiger partial charge >= 0.3 is 6.18 Å². The zero-order chi connectivity index (χ0) is 23.9. The number of non-ortho nitro benzene ring substituents is 1. The maximum absolute atomic E-state index is 13.7. The molecule has 4 aromatic rings. The van der Waals surface area contributed by atoms with Crippen molar-refractivity contribution in [1.82, 2.24) is 14.6 Å². The predicted octanol–water partition coefficient (Wildman–Crippen LogP) is 5.30. The van der Waals surface area contributed by atoms with Gasteiger partial charge in [0.2, 0.25) is 0 Å². The van der Waals surface area contributed by atoms with Crippen molar-refractivity contribution in [3.05, 3.63) is 68.3 Å². The van der Waals surface area contributed by atoms with Crippen LogP contribution in [0.5, 0.6) is 5.75 Å². The minimum Gasteiger partial charge on any atom is -0.496 e. The number of methoxy groups -OCH3 is 1. The summed E-state index contributed by atoms with van der Waals surface area (Å²) in [5, 5.41) is 18.4. The number of nitrogens with zero attached hydrogens (tertiary/aromatic N) is 4. The number of halogens is 4. The highest BCUT2D eigenvalue weighted by atomic mass is 35.5. The van der Waals surface area contributed by atoms with Gasteiger partial charge in [0.25, 0.3) is 11.6 Å². The molecule has 1 amide bonds. The molecule has 0 saturated carbocycles. The van der Waals surface area contributed by atoms with Crippen LogP contribution in [0.3, 0.4) is 0 Å². The van der Waals surface area contributed by atoms with E-state index in [2.05, 4.69) is 15.4 Å². The molecular formula is C19H11ClF3N5O4S. The summed E-state index contributed by atoms with van der Waals surface area (Å²) in [6.07, 6.45) is -4.82. The van der Waals surface area contributed by atoms with Crippen LogP contribution in [0.4, 0.5) is 24.5 Å². The zero-order valence-electron chi connectivity index (χ0n) is 16.4. The number of nitro groups is 1. The molecule has 4 rings (SSSR count). The molecule has 1 N–H and O–H groups in total. The summed E-state index contributed by atoms with van der Waals surface area (Å²) in [5.41, 5.74) is -2.47. The number of carbonyl (C=O) groups excluding carboxylic acids is 1. The van der Waals surface area contributed by atoms with E-state index in [4.69, 9.17) is 16.3 Å². The summed E-state index contributed by atoms with van der Waals surface area (Å²) in [6, 6.07) is 7.55. The molecule has 9 nitrogen and oxygen atoms in total. The van der Waals surface area contributed by atoms with Gasteiger partial charge in [-0.05, 0) is 17.5 Å². The van der Waals surface area contributed by atoms with Crippen LogP contribution in [0.25, 0.3) is 16.2 Å². The first-order valence-electron chi connectivity index (χ1n) is 8.93. The predicted molar refractivity (Wildman–Crippen MR) is 114 cm³/mol. The molecule has 0 atom stereocenters. The lowest BCUT2D eigenvalue weighted by Crippen LogP contribution is -2.16. The van der Waals surface area contributed by atoms with Crippen molar-refractivity contribution >= 4 is 45.9 Å². The number of ether oxygens (including phenoxy) is 1. The third kappa shape index (κ3) is 4.32. The van der Waals surface area contributed by atoms with Gasteiger partial charge in [-0.1, -0.05) is 17.7 Å². The normalized spacial score (nSPS) is 11.5. The molecule has 0 saturated heterocycles. The van der Waals surface area contributed by atoms with E-state index in [1.807, 2.05) is 0 Å². The van der Waals surface area contributed by atoms with Crippen molar-refractivity contribution in [3.8, 4) is 16.3 Å². The summed E-state index contributed by atoms with van der Waals surface area (Å²) in [7, 11) is 1.28. The highest BCUT2D eigenvalue weighted by molar-refractivity contribution is 7.13. The summed E-state index contributed by atoms with van der Waals surface area (Å²) >= 11 is 7.39. The minimum atomic E-state index is -4.82. The van der Waals surface area contributed by atoms with Crippen molar-refractivity contribution in [2.24, 2.45) is 0 Å². The number of fused-ring (bicyclic) bond motifs is 1. The van der Waals surface area contributed by atoms with Crippen LogP contribution < -0.4 is 10.1 Å². The number of anilines is 1. The van der Waals surface area contributed by atoms with E-state index in [-0.39, 0.29) is 28.5 Å². The molecule has 3 aromatic heterocycles. The highest BCUT2D eigenvalue weighted by Crippen LogP contribution is 2.36. The van der Waals surface area contributed by atoms with Gasteiger partial charge in [-0.3, -0.25) is 14.9 Å². The van der Waals surface area contributed by atoms with Crippen molar-refractivity contribution in [1.29, 1.82) is 0 Å². The average Bonchev–Trinajstić information content (AvgIpc) is 3.40. The average molecular weight is 498 g/mol. The Morgan fingerprint density at radius 2 is 2.06 bits per heavy atom. The molecule has 0 aliphatic rings. The van der Waals surface area contributed by atoms with E-state index in [1.165, 1.54) is 24.5 Å². The quantitative estimate of drug-likeness (QED) is 0.296. The molecule has 170 valence electrons. The Labute approximate surface area is 191 Å². The number of hydrogen-bond donors (Lipinski definition) is 1. The Kier molecular flexibility index (Phi) is 5.68. The lowest BCUT2D eigenvalue weighted by molar-refractivity contribution is -0.384. The van der Waals surface area contributed by atoms with Crippen LogP contribution in [-0.4, -0.2) is 32.5 Å². The molecule has 0 spiro atoms. The number of nitro benzene ring substituents is 1. The molecule has 1 aromatic carbocycles. The van der Waals surface area contributed by atoms with Gasteiger partial charge in [-0.15, -0.1) is 11.3 Å². The number of benzene rings is 1. The fourth-order valence-electron chi connectivity index (χ4n) is 2.96. The van der Waals surface area contributed by atoms with Crippen molar-refractivity contribution < 1.29 is 27.6 Å². The Morgan fingerprint density at radius 3 is 2.67 bits per heavy atom. The summed E-state index contributed by atoms with van der Waals surface area (Å²) in [5.74, 6) is -0.902. The summed E-state index contributed by atoms with van der Waals surface area (Å²) in [4.78, 5) is 27.8. The number of hydrogen-bond acceptors (Lipinski definition) is 7. The fraction of sp³-hybridized carbons (Fsp3) is 0.105. The van der Waals surface area contributed by atoms with Gasteiger partial charge in [0, 0.05) is 12.1 Å². The summed E-state index contributed by atoms with van der Waals surface area (Å²) in [6.45, 7) is 0. The topological polar surface area (TPSA) is 112 Å². The smallest absolute Gasteiger partial charge is 0.433 e. The number of rotatable bonds is 5. The second-order valence-electron chi connectivity index (χ2n) is 6.53. The molecule has 3 heterocycles. The zero-order valence-corrected chi connectivity index (χ0v) is 18.0. The van der Waals surface area contributed by atoms with E-state index in [1.54, 1.807) is 17.5 Å². The van der Waals surface area contributed by atoms with Crippen LogP contribution in [0.2, 0.25) is 5.02 Å². The van der Waals surface area contributed by atoms with Crippen LogP contribution in [-0.2, 0) is 6.18 Å². The largest absolute Gasteiger partial charge is 0.496 e. The maximum atomic E-state index is 13.7. The van der Waals surface area contributed by atoms with E-state index < -0.39 is 33.4 Å². The molecule has 14 heteroatoms. The number of carbonyl (C=O) groups is 1. The van der Waals surface area contributed by atoms with Gasteiger partial charge in [0.15, 0.2) is 17.0 Å². The molecule has 33 heavy (non-hydrogen) atoms. The van der Waals surface area contributed by atoms with Gasteiger partial charge in [0.05, 0.1) is 34.4 Å². The SMILES string of the molecule is COc1cc(NC(=O)c2nn3c(C(F)(F)F)cc(-c4cccs4)nc3c2Cl)cc([N+](=O)[O-])c1. The standard InChI is InChI=1S/C19H11ClF3N5O4S/c1-32-11-6-9(5-10(7-11)28(30)31)24-18(29)16-15(20)17-25-12(13-3-2-4-33-13)8-14(19(21,22)23)27(17)26-16/h2-8H,1H3,(H,24,29). The first-order valence-corrected chi connectivity index (χ1v) is 10.2. The third-order valence-electron chi connectivity index (χ3n) is 4.41. The van der Waals surface area contributed by atoms with E-state index in [0.29, 0.717) is 9.39 Å². The van der Waals surface area contributed by atoms with Crippen molar-refractivity contribution in [3.63, 3.8) is 0 Å². The number of nitrogens with one attached hydrogen (secondary N) is 1. The van der Waals surface area contributed by atoms with Crippen molar-refractivity contribution in [2.75, 3.05) is 12.4 Å². The molecule has 0 aliphatic carbocycles. The summed E-state index contributed by atoms with van der Waals surface area (Å²) < 4.78 is 46.6.